The molecule has 0 fully saturated rings. The maximum absolute atomic E-state index is 11.8. The van der Waals surface area contributed by atoms with Gasteiger partial charge in [0, 0.05) is 0 Å². The number of aromatic nitrogens is 1. The summed E-state index contributed by atoms with van der Waals surface area (Å²) in [7, 11) is 0. The van der Waals surface area contributed by atoms with Crippen LogP contribution in [0.3, 0.4) is 0 Å². The number of nitrogens with one attached hydrogen (secondary N) is 1. The van der Waals surface area contributed by atoms with Gasteiger partial charge in [0.1, 0.15) is 0 Å². The van der Waals surface area contributed by atoms with Crippen LogP contribution in [0.5, 0.6) is 0 Å². The Bertz CT molecular complexity index is 701. The van der Waals surface area contributed by atoms with Gasteiger partial charge in [-0.3, -0.25) is 9.59 Å². The number of rotatable bonds is 3. The van der Waals surface area contributed by atoms with Gasteiger partial charge in [0.15, 0.2) is 5.78 Å². The topological polar surface area (TPSA) is 87.2 Å². The Balaban J connectivity index is 2.75. The van der Waals surface area contributed by atoms with Gasteiger partial charge >= 0.3 is 5.97 Å². The van der Waals surface area contributed by atoms with Crippen LogP contribution in [0.1, 0.15) is 27.6 Å². The van der Waals surface area contributed by atoms with Crippen LogP contribution >= 0.6 is 0 Å². The summed E-state index contributed by atoms with van der Waals surface area (Å²) in [5.74, 6) is -1.67. The third-order valence-corrected chi connectivity index (χ3v) is 2.71. The molecule has 1 aromatic carbocycles. The standard InChI is InChI=1S/C14H11NO4/c1-8(16)10-7-11(14(18)19)12(15-13(10)17)9-5-3-2-4-6-9/h2-7H,1H3,(H,15,17)(H,18,19). The van der Waals surface area contributed by atoms with E-state index >= 15 is 0 Å². The lowest BCUT2D eigenvalue weighted by molar-refractivity contribution is 0.0697. The van der Waals surface area contributed by atoms with Gasteiger partial charge < -0.3 is 10.1 Å². The number of ketones is 1. The fourth-order valence-electron chi connectivity index (χ4n) is 1.79. The Kier molecular flexibility index (Phi) is 3.29. The maximum atomic E-state index is 11.8. The Hall–Kier alpha value is -2.69. The molecular weight excluding hydrogens is 246 g/mol. The Labute approximate surface area is 108 Å². The van der Waals surface area contributed by atoms with Crippen LogP contribution in [0.25, 0.3) is 11.3 Å². The molecule has 0 unspecified atom stereocenters. The largest absolute Gasteiger partial charge is 0.478 e. The third-order valence-electron chi connectivity index (χ3n) is 2.71. The number of pyridine rings is 1. The summed E-state index contributed by atoms with van der Waals surface area (Å²) < 4.78 is 0. The molecule has 5 heteroatoms. The molecule has 0 aliphatic heterocycles. The van der Waals surface area contributed by atoms with Crippen molar-refractivity contribution in [3.05, 3.63) is 57.9 Å². The number of carbonyl (C=O) groups is 2. The number of aromatic amines is 1. The van der Waals surface area contributed by atoms with Crippen molar-refractivity contribution in [2.75, 3.05) is 0 Å². The van der Waals surface area contributed by atoms with Gasteiger partial charge in [-0.25, -0.2) is 4.79 Å². The first-order chi connectivity index (χ1) is 9.00. The van der Waals surface area contributed by atoms with E-state index in [4.69, 9.17) is 0 Å². The van der Waals surface area contributed by atoms with E-state index < -0.39 is 17.3 Å². The number of benzene rings is 1. The lowest BCUT2D eigenvalue weighted by Gasteiger charge is -2.07. The number of carbonyl (C=O) groups excluding carboxylic acids is 1. The summed E-state index contributed by atoms with van der Waals surface area (Å²) in [4.78, 5) is 36.8. The summed E-state index contributed by atoms with van der Waals surface area (Å²) in [5.41, 5.74) is -0.0698. The van der Waals surface area contributed by atoms with E-state index in [-0.39, 0.29) is 16.8 Å². The summed E-state index contributed by atoms with van der Waals surface area (Å²) in [5, 5.41) is 9.19. The van der Waals surface area contributed by atoms with Crippen molar-refractivity contribution in [3.63, 3.8) is 0 Å². The fourth-order valence-corrected chi connectivity index (χ4v) is 1.79. The lowest BCUT2D eigenvalue weighted by Crippen LogP contribution is -2.19. The van der Waals surface area contributed by atoms with Gasteiger partial charge in [-0.15, -0.1) is 0 Å². The Morgan fingerprint density at radius 2 is 1.74 bits per heavy atom. The fraction of sp³-hybridized carbons (Fsp3) is 0.0714. The van der Waals surface area contributed by atoms with Crippen LogP contribution in [-0.2, 0) is 0 Å². The highest BCUT2D eigenvalue weighted by molar-refractivity contribution is 6.00. The van der Waals surface area contributed by atoms with Crippen LogP contribution in [-0.4, -0.2) is 21.8 Å². The predicted octanol–water partition coefficient (Wildman–Crippen LogP) is 1.94. The Morgan fingerprint density at radius 1 is 1.11 bits per heavy atom. The van der Waals surface area contributed by atoms with Crippen LogP contribution in [0, 0.1) is 0 Å². The highest BCUT2D eigenvalue weighted by Gasteiger charge is 2.17. The van der Waals surface area contributed by atoms with Gasteiger partial charge in [-0.05, 0) is 18.6 Å². The zero-order chi connectivity index (χ0) is 14.0. The molecule has 0 amide bonds. The highest BCUT2D eigenvalue weighted by Crippen LogP contribution is 2.20. The van der Waals surface area contributed by atoms with Gasteiger partial charge in [-0.2, -0.15) is 0 Å². The number of hydrogen-bond acceptors (Lipinski definition) is 3. The maximum Gasteiger partial charge on any atom is 0.337 e. The van der Waals surface area contributed by atoms with Crippen LogP contribution < -0.4 is 5.56 Å². The zero-order valence-electron chi connectivity index (χ0n) is 10.1. The number of carboxylic acids is 1. The minimum absolute atomic E-state index is 0.101. The normalized spacial score (nSPS) is 10.2. The number of aromatic carboxylic acids is 1. The van der Waals surface area contributed by atoms with Crippen molar-refractivity contribution >= 4 is 11.8 Å². The van der Waals surface area contributed by atoms with Crippen LogP contribution in [0.2, 0.25) is 0 Å². The van der Waals surface area contributed by atoms with E-state index in [0.717, 1.165) is 6.07 Å². The molecular formula is C14H11NO4. The number of H-pyrrole nitrogens is 1. The number of hydrogen-bond donors (Lipinski definition) is 2. The molecule has 0 bridgehead atoms. The second-order valence-corrected chi connectivity index (χ2v) is 4.03. The second-order valence-electron chi connectivity index (χ2n) is 4.03. The van der Waals surface area contributed by atoms with Crippen molar-refractivity contribution in [1.82, 2.24) is 4.98 Å². The van der Waals surface area contributed by atoms with Crippen molar-refractivity contribution in [2.24, 2.45) is 0 Å². The molecule has 2 N–H and O–H groups in total. The minimum Gasteiger partial charge on any atom is -0.478 e. The number of Topliss-reactive ketones (excluding diaryl/α,β-unsaturated/α-hetero) is 1. The highest BCUT2D eigenvalue weighted by atomic mass is 16.4. The van der Waals surface area contributed by atoms with E-state index in [1.54, 1.807) is 30.3 Å². The van der Waals surface area contributed by atoms with E-state index in [1.165, 1.54) is 6.92 Å². The van der Waals surface area contributed by atoms with Gasteiger partial charge in [0.25, 0.3) is 5.56 Å². The van der Waals surface area contributed by atoms with E-state index in [2.05, 4.69) is 4.98 Å². The average Bonchev–Trinajstić information content (AvgIpc) is 2.38. The van der Waals surface area contributed by atoms with Crippen LogP contribution in [0.15, 0.2) is 41.2 Å². The molecule has 0 spiro atoms. The van der Waals surface area contributed by atoms with Crippen molar-refractivity contribution in [1.29, 1.82) is 0 Å². The molecule has 0 saturated carbocycles. The summed E-state index contributed by atoms with van der Waals surface area (Å²) in [6.07, 6.45) is 0. The van der Waals surface area contributed by atoms with E-state index in [0.29, 0.717) is 5.56 Å². The average molecular weight is 257 g/mol. The van der Waals surface area contributed by atoms with Gasteiger partial charge in [0.05, 0.1) is 16.8 Å². The summed E-state index contributed by atoms with van der Waals surface area (Å²) in [6, 6.07) is 9.74. The smallest absolute Gasteiger partial charge is 0.337 e. The van der Waals surface area contributed by atoms with E-state index in [1.807, 2.05) is 0 Å². The molecule has 0 aliphatic rings. The van der Waals surface area contributed by atoms with Crippen molar-refractivity contribution in [3.8, 4) is 11.3 Å². The van der Waals surface area contributed by atoms with Gasteiger partial charge in [0.2, 0.25) is 0 Å². The van der Waals surface area contributed by atoms with Crippen LogP contribution in [0.4, 0.5) is 0 Å². The van der Waals surface area contributed by atoms with Gasteiger partial charge in [-0.1, -0.05) is 30.3 Å². The predicted molar refractivity (Wildman–Crippen MR) is 69.5 cm³/mol. The van der Waals surface area contributed by atoms with Crippen molar-refractivity contribution in [2.45, 2.75) is 6.92 Å². The quantitative estimate of drug-likeness (QED) is 0.822. The molecule has 5 nitrogen and oxygen atoms in total. The summed E-state index contributed by atoms with van der Waals surface area (Å²) >= 11 is 0. The molecule has 0 atom stereocenters. The van der Waals surface area contributed by atoms with Crippen molar-refractivity contribution < 1.29 is 14.7 Å². The van der Waals surface area contributed by atoms with E-state index in [9.17, 15) is 19.5 Å². The summed E-state index contributed by atoms with van der Waals surface area (Å²) in [6.45, 7) is 1.22. The molecule has 0 saturated heterocycles. The monoisotopic (exact) mass is 257 g/mol. The second kappa shape index (κ2) is 4.89. The molecule has 19 heavy (non-hydrogen) atoms. The molecule has 1 heterocycles. The molecule has 0 radical (unpaired) electrons. The number of carboxylic acid groups (broad SMARTS) is 1. The molecule has 0 aliphatic carbocycles. The first-order valence-electron chi connectivity index (χ1n) is 5.57. The third kappa shape index (κ3) is 2.44. The Morgan fingerprint density at radius 3 is 2.26 bits per heavy atom. The lowest BCUT2D eigenvalue weighted by atomic mass is 10.0. The molecule has 2 rings (SSSR count). The first kappa shape index (κ1) is 12.8. The molecule has 2 aromatic rings. The molecule has 96 valence electrons. The zero-order valence-corrected chi connectivity index (χ0v) is 10.1. The molecule has 1 aromatic heterocycles. The minimum atomic E-state index is -1.20. The first-order valence-corrected chi connectivity index (χ1v) is 5.57. The SMILES string of the molecule is CC(=O)c1cc(C(=O)O)c(-c2ccccc2)[nH]c1=O.